The number of aliphatic hydroxyl groups is 1. The molecule has 3 fully saturated rings. The third-order valence-corrected chi connectivity index (χ3v) is 7.81. The fourth-order valence-electron chi connectivity index (χ4n) is 5.59. The Balaban J connectivity index is 1.35. The van der Waals surface area contributed by atoms with Crippen molar-refractivity contribution in [3.63, 3.8) is 0 Å². The van der Waals surface area contributed by atoms with Crippen molar-refractivity contribution in [3.05, 3.63) is 29.6 Å². The molecule has 2 aromatic heterocycles. The molecule has 1 unspecified atom stereocenters. The van der Waals surface area contributed by atoms with Crippen molar-refractivity contribution in [2.75, 3.05) is 32.9 Å². The van der Waals surface area contributed by atoms with Gasteiger partial charge >= 0.3 is 0 Å². The molecule has 0 bridgehead atoms. The molecule has 1 atom stereocenters. The maximum atomic E-state index is 10.6. The molecule has 2 aliphatic heterocycles. The van der Waals surface area contributed by atoms with Crippen LogP contribution in [-0.2, 0) is 4.74 Å². The number of nitriles is 1. The average molecular weight is 494 g/mol. The van der Waals surface area contributed by atoms with Crippen LogP contribution in [0.25, 0.3) is 5.52 Å². The van der Waals surface area contributed by atoms with Crippen LogP contribution in [0.2, 0.25) is 0 Å². The number of ether oxygens (including phenoxy) is 2. The van der Waals surface area contributed by atoms with Gasteiger partial charge in [-0.3, -0.25) is 9.89 Å². The number of piperidine rings is 1. The molecule has 3 aliphatic rings. The van der Waals surface area contributed by atoms with Crippen molar-refractivity contribution in [3.8, 4) is 11.8 Å². The lowest BCUT2D eigenvalue weighted by Gasteiger charge is -2.40. The Hall–Kier alpha value is -3.00. The summed E-state index contributed by atoms with van der Waals surface area (Å²) < 4.78 is 13.0. The summed E-state index contributed by atoms with van der Waals surface area (Å²) in [5.74, 6) is 6.58. The third-order valence-electron chi connectivity index (χ3n) is 7.81. The topological polar surface area (TPSA) is 134 Å². The number of likely N-dealkylation sites (tertiary alicyclic amines) is 1. The van der Waals surface area contributed by atoms with Crippen LogP contribution in [0.1, 0.15) is 56.6 Å². The van der Waals surface area contributed by atoms with Gasteiger partial charge in [0.1, 0.15) is 35.2 Å². The van der Waals surface area contributed by atoms with E-state index in [0.29, 0.717) is 34.1 Å². The molecule has 0 radical (unpaired) electrons. The Morgan fingerprint density at radius 1 is 1.31 bits per heavy atom. The molecule has 2 saturated heterocycles. The van der Waals surface area contributed by atoms with Crippen molar-refractivity contribution >= 4 is 16.9 Å². The van der Waals surface area contributed by atoms with Gasteiger partial charge in [-0.1, -0.05) is 12.8 Å². The normalized spacial score (nSPS) is 22.0. The zero-order valence-electron chi connectivity index (χ0n) is 20.8. The van der Waals surface area contributed by atoms with Crippen LogP contribution in [-0.4, -0.2) is 82.1 Å². The lowest BCUT2D eigenvalue weighted by molar-refractivity contribution is -0.0709. The highest BCUT2D eigenvalue weighted by Gasteiger charge is 2.30. The number of fused-ring (bicyclic) bond motifs is 1. The molecule has 1 saturated carbocycles. The first kappa shape index (κ1) is 24.7. The molecule has 36 heavy (non-hydrogen) atoms. The van der Waals surface area contributed by atoms with Gasteiger partial charge in [0.15, 0.2) is 0 Å². The molecule has 0 amide bonds. The second-order valence-corrected chi connectivity index (χ2v) is 10.1. The number of aliphatic hydroxyl groups excluding tert-OH is 1. The first-order chi connectivity index (χ1) is 17.6. The Bertz CT molecular complexity index is 1170. The zero-order valence-corrected chi connectivity index (χ0v) is 20.8. The van der Waals surface area contributed by atoms with E-state index in [1.807, 2.05) is 13.0 Å². The number of aliphatic imine (C=N–C) groups is 1. The highest BCUT2D eigenvalue weighted by Crippen LogP contribution is 2.30. The molecular weight excluding hydrogens is 458 g/mol. The molecule has 5 rings (SSSR count). The van der Waals surface area contributed by atoms with Gasteiger partial charge in [0, 0.05) is 24.8 Å². The predicted octanol–water partition coefficient (Wildman–Crippen LogP) is 2.12. The van der Waals surface area contributed by atoms with Gasteiger partial charge in [0.25, 0.3) is 0 Å². The molecule has 2 aromatic rings. The first-order valence-electron chi connectivity index (χ1n) is 12.9. The number of nitrogens with zero attached hydrogens (tertiary/aromatic N) is 6. The number of pyridine rings is 1. The summed E-state index contributed by atoms with van der Waals surface area (Å²) in [5.41, 5.74) is 2.99. The predicted molar refractivity (Wildman–Crippen MR) is 136 cm³/mol. The zero-order chi connectivity index (χ0) is 25.1. The van der Waals surface area contributed by atoms with E-state index in [2.05, 4.69) is 21.2 Å². The fraction of sp³-hybridized carbons (Fsp3) is 0.615. The van der Waals surface area contributed by atoms with E-state index in [1.54, 1.807) is 10.7 Å². The maximum Gasteiger partial charge on any atom is 0.147 e. The Morgan fingerprint density at radius 3 is 2.69 bits per heavy atom. The fourth-order valence-corrected chi connectivity index (χ4v) is 5.59. The Labute approximate surface area is 211 Å². The molecule has 3 N–H and O–H groups in total. The van der Waals surface area contributed by atoms with Crippen LogP contribution < -0.4 is 10.6 Å². The van der Waals surface area contributed by atoms with E-state index in [9.17, 15) is 10.4 Å². The second kappa shape index (κ2) is 10.9. The summed E-state index contributed by atoms with van der Waals surface area (Å²) >= 11 is 0. The first-order valence-corrected chi connectivity index (χ1v) is 12.9. The standard InChI is InChI=1S/C26H35N7O3/c1-17(30-21-6-8-32(9-7-21)22-14-35-15-22)25(31-28)19-10-24(26-20(11-27)12-29-33(26)13-19)36-16-23(34)18-4-2-3-5-18/h10,12-13,18,21-23,34H,2-9,14-16,28H2,1H3/b30-17?,31-25+. The quantitative estimate of drug-likeness (QED) is 0.327. The highest BCUT2D eigenvalue weighted by molar-refractivity contribution is 6.47. The summed E-state index contributed by atoms with van der Waals surface area (Å²) in [4.78, 5) is 7.45. The number of aromatic nitrogens is 2. The molecule has 0 aromatic carbocycles. The van der Waals surface area contributed by atoms with Crippen molar-refractivity contribution < 1.29 is 14.6 Å². The van der Waals surface area contributed by atoms with Gasteiger partial charge in [-0.2, -0.15) is 15.5 Å². The minimum Gasteiger partial charge on any atom is -0.489 e. The average Bonchev–Trinajstić information content (AvgIpc) is 3.53. The van der Waals surface area contributed by atoms with Gasteiger partial charge in [0.05, 0.1) is 43.3 Å². The van der Waals surface area contributed by atoms with Crippen LogP contribution >= 0.6 is 0 Å². The van der Waals surface area contributed by atoms with Crippen LogP contribution in [0.3, 0.4) is 0 Å². The van der Waals surface area contributed by atoms with Crippen molar-refractivity contribution in [2.24, 2.45) is 21.9 Å². The second-order valence-electron chi connectivity index (χ2n) is 10.1. The molecule has 10 nitrogen and oxygen atoms in total. The van der Waals surface area contributed by atoms with E-state index in [4.69, 9.17) is 20.3 Å². The van der Waals surface area contributed by atoms with Crippen molar-refractivity contribution in [2.45, 2.75) is 63.6 Å². The molecule has 192 valence electrons. The van der Waals surface area contributed by atoms with Gasteiger partial charge < -0.3 is 20.4 Å². The molecule has 10 heteroatoms. The minimum atomic E-state index is -0.548. The van der Waals surface area contributed by atoms with Gasteiger partial charge in [0.2, 0.25) is 0 Å². The summed E-state index contributed by atoms with van der Waals surface area (Å²) in [7, 11) is 0. The smallest absolute Gasteiger partial charge is 0.147 e. The van der Waals surface area contributed by atoms with E-state index >= 15 is 0 Å². The van der Waals surface area contributed by atoms with Crippen LogP contribution in [0.4, 0.5) is 0 Å². The van der Waals surface area contributed by atoms with Crippen molar-refractivity contribution in [1.82, 2.24) is 14.5 Å². The SMILES string of the molecule is CC(=NC1CCN(C2COC2)CC1)/C(=N\N)c1cc(OCC(O)C2CCCC2)c2c(C#N)cnn2c1. The van der Waals surface area contributed by atoms with E-state index in [1.165, 1.54) is 6.20 Å². The van der Waals surface area contributed by atoms with Crippen molar-refractivity contribution in [1.29, 1.82) is 5.26 Å². The van der Waals surface area contributed by atoms with E-state index in [-0.39, 0.29) is 18.6 Å². The van der Waals surface area contributed by atoms with Crippen LogP contribution in [0.15, 0.2) is 28.6 Å². The Morgan fingerprint density at radius 2 is 2.06 bits per heavy atom. The van der Waals surface area contributed by atoms with E-state index < -0.39 is 6.10 Å². The number of hydrogen-bond donors (Lipinski definition) is 2. The van der Waals surface area contributed by atoms with Crippen LogP contribution in [0.5, 0.6) is 5.75 Å². The molecule has 1 aliphatic carbocycles. The van der Waals surface area contributed by atoms with Gasteiger partial charge in [-0.15, -0.1) is 0 Å². The number of nitrogens with two attached hydrogens (primary N) is 1. The maximum absolute atomic E-state index is 10.6. The van der Waals surface area contributed by atoms with E-state index in [0.717, 1.165) is 70.5 Å². The lowest BCUT2D eigenvalue weighted by atomic mass is 10.0. The molecular formula is C26H35N7O3. The van der Waals surface area contributed by atoms with Gasteiger partial charge in [-0.25, -0.2) is 4.52 Å². The third kappa shape index (κ3) is 5.09. The summed E-state index contributed by atoms with van der Waals surface area (Å²) in [6.07, 6.45) is 9.06. The molecule has 0 spiro atoms. The number of hydrazone groups is 1. The number of rotatable bonds is 8. The van der Waals surface area contributed by atoms with Crippen LogP contribution in [0, 0.1) is 17.2 Å². The Kier molecular flexibility index (Phi) is 7.51. The highest BCUT2D eigenvalue weighted by atomic mass is 16.5. The minimum absolute atomic E-state index is 0.159. The monoisotopic (exact) mass is 493 g/mol. The summed E-state index contributed by atoms with van der Waals surface area (Å²) in [5, 5.41) is 28.6. The lowest BCUT2D eigenvalue weighted by Crippen LogP contribution is -2.52. The number of hydrogen-bond acceptors (Lipinski definition) is 9. The molecule has 4 heterocycles. The summed E-state index contributed by atoms with van der Waals surface area (Å²) in [6.45, 7) is 5.79. The largest absolute Gasteiger partial charge is 0.489 e. The van der Waals surface area contributed by atoms with Gasteiger partial charge in [-0.05, 0) is 44.6 Å². The summed E-state index contributed by atoms with van der Waals surface area (Å²) in [6, 6.07) is 4.77.